The van der Waals surface area contributed by atoms with Crippen LogP contribution in [0.25, 0.3) is 5.69 Å². The van der Waals surface area contributed by atoms with Gasteiger partial charge in [0, 0.05) is 11.0 Å². The van der Waals surface area contributed by atoms with E-state index in [0.717, 1.165) is 17.9 Å². The van der Waals surface area contributed by atoms with Gasteiger partial charge in [-0.15, -0.1) is 0 Å². The third kappa shape index (κ3) is 2.45. The largest absolute Gasteiger partial charge is 0.383 e. The summed E-state index contributed by atoms with van der Waals surface area (Å²) in [6, 6.07) is 10.2. The molecule has 0 atom stereocenters. The van der Waals surface area contributed by atoms with Crippen molar-refractivity contribution < 1.29 is 0 Å². The number of nitrogens with two attached hydrogens (primary N) is 1. The zero-order chi connectivity index (χ0) is 14.9. The molecule has 3 nitrogen and oxygen atoms in total. The van der Waals surface area contributed by atoms with Gasteiger partial charge in [0.05, 0.1) is 11.4 Å². The molecule has 3 heteroatoms. The molecule has 0 spiro atoms. The maximum absolute atomic E-state index is 6.41. The van der Waals surface area contributed by atoms with Gasteiger partial charge in [0.15, 0.2) is 0 Å². The van der Waals surface area contributed by atoms with E-state index in [2.05, 4.69) is 26.0 Å². The number of rotatable bonds is 3. The van der Waals surface area contributed by atoms with Gasteiger partial charge in [0.25, 0.3) is 0 Å². The summed E-state index contributed by atoms with van der Waals surface area (Å²) < 4.78 is 1.92. The summed E-state index contributed by atoms with van der Waals surface area (Å²) in [5, 5.41) is 4.94. The fraction of sp³-hybridized carbons (Fsp3) is 0.500. The fourth-order valence-corrected chi connectivity index (χ4v) is 3.63. The zero-order valence-electron chi connectivity index (χ0n) is 13.1. The highest BCUT2D eigenvalue weighted by molar-refractivity contribution is 5.52. The molecule has 0 radical (unpaired) electrons. The van der Waals surface area contributed by atoms with E-state index >= 15 is 0 Å². The van der Waals surface area contributed by atoms with Crippen molar-refractivity contribution in [2.75, 3.05) is 5.73 Å². The molecule has 3 rings (SSSR count). The lowest BCUT2D eigenvalue weighted by molar-refractivity contribution is 0.309. The summed E-state index contributed by atoms with van der Waals surface area (Å²) in [6.45, 7) is 4.54. The van der Waals surface area contributed by atoms with Gasteiger partial charge >= 0.3 is 0 Å². The van der Waals surface area contributed by atoms with E-state index in [4.69, 9.17) is 10.8 Å². The topological polar surface area (TPSA) is 43.8 Å². The van der Waals surface area contributed by atoms with Crippen molar-refractivity contribution in [3.8, 4) is 5.69 Å². The molecule has 1 aromatic heterocycles. The van der Waals surface area contributed by atoms with E-state index in [1.54, 1.807) is 0 Å². The number of nitrogens with zero attached hydrogens (tertiary/aromatic N) is 2. The molecule has 1 heterocycles. The zero-order valence-corrected chi connectivity index (χ0v) is 13.1. The summed E-state index contributed by atoms with van der Waals surface area (Å²) in [6.07, 6.45) is 7.36. The standard InChI is InChI=1S/C18H25N3/c1-3-15-16(18(2)12-8-5-9-13-18)20-21(17(15)19)14-10-6-4-7-11-14/h4,6-7,10-11H,3,5,8-9,12-13,19H2,1-2H3. The molecule has 0 saturated heterocycles. The van der Waals surface area contributed by atoms with Crippen LogP contribution in [0.4, 0.5) is 5.82 Å². The molecule has 0 unspecified atom stereocenters. The average Bonchev–Trinajstić information content (AvgIpc) is 2.86. The first kappa shape index (κ1) is 14.2. The first-order chi connectivity index (χ1) is 10.2. The second-order valence-corrected chi connectivity index (χ2v) is 6.43. The Kier molecular flexibility index (Phi) is 3.75. The Labute approximate surface area is 127 Å². The second kappa shape index (κ2) is 5.55. The predicted octanol–water partition coefficient (Wildman–Crippen LogP) is 4.24. The van der Waals surface area contributed by atoms with Crippen LogP contribution in [0, 0.1) is 0 Å². The van der Waals surface area contributed by atoms with Crippen LogP contribution < -0.4 is 5.73 Å². The quantitative estimate of drug-likeness (QED) is 0.915. The van der Waals surface area contributed by atoms with E-state index in [1.807, 2.05) is 22.9 Å². The van der Waals surface area contributed by atoms with E-state index in [0.29, 0.717) is 0 Å². The van der Waals surface area contributed by atoms with Crippen molar-refractivity contribution in [1.29, 1.82) is 0 Å². The van der Waals surface area contributed by atoms with Crippen molar-refractivity contribution >= 4 is 5.82 Å². The summed E-state index contributed by atoms with van der Waals surface area (Å²) in [5.41, 5.74) is 10.1. The van der Waals surface area contributed by atoms with E-state index in [1.165, 1.54) is 43.4 Å². The van der Waals surface area contributed by atoms with E-state index in [9.17, 15) is 0 Å². The van der Waals surface area contributed by atoms with Gasteiger partial charge in [-0.3, -0.25) is 0 Å². The van der Waals surface area contributed by atoms with Crippen LogP contribution in [-0.2, 0) is 11.8 Å². The number of benzene rings is 1. The van der Waals surface area contributed by atoms with Gasteiger partial charge in [-0.1, -0.05) is 51.3 Å². The lowest BCUT2D eigenvalue weighted by Gasteiger charge is -2.32. The number of para-hydroxylation sites is 1. The van der Waals surface area contributed by atoms with Crippen molar-refractivity contribution in [2.45, 2.75) is 57.8 Å². The first-order valence-electron chi connectivity index (χ1n) is 8.09. The molecule has 112 valence electrons. The molecule has 1 fully saturated rings. The molecular formula is C18H25N3. The summed E-state index contributed by atoms with van der Waals surface area (Å²) in [4.78, 5) is 0. The molecule has 1 aliphatic carbocycles. The Hall–Kier alpha value is -1.77. The highest BCUT2D eigenvalue weighted by Crippen LogP contribution is 2.41. The minimum atomic E-state index is 0.192. The molecule has 1 saturated carbocycles. The maximum atomic E-state index is 6.41. The maximum Gasteiger partial charge on any atom is 0.130 e. The summed E-state index contributed by atoms with van der Waals surface area (Å²) in [7, 11) is 0. The van der Waals surface area contributed by atoms with Gasteiger partial charge in [0.1, 0.15) is 5.82 Å². The predicted molar refractivity (Wildman–Crippen MR) is 87.8 cm³/mol. The highest BCUT2D eigenvalue weighted by atomic mass is 15.3. The van der Waals surface area contributed by atoms with Gasteiger partial charge in [-0.05, 0) is 31.4 Å². The van der Waals surface area contributed by atoms with Crippen LogP contribution >= 0.6 is 0 Å². The number of hydrogen-bond donors (Lipinski definition) is 1. The van der Waals surface area contributed by atoms with E-state index < -0.39 is 0 Å². The molecule has 0 bridgehead atoms. The fourth-order valence-electron chi connectivity index (χ4n) is 3.63. The molecule has 21 heavy (non-hydrogen) atoms. The summed E-state index contributed by atoms with van der Waals surface area (Å²) in [5.74, 6) is 0.811. The SMILES string of the molecule is CCc1c(C2(C)CCCCC2)nn(-c2ccccc2)c1N. The molecule has 0 amide bonds. The van der Waals surface area contributed by atoms with Crippen molar-refractivity contribution in [3.05, 3.63) is 41.6 Å². The molecule has 1 aromatic carbocycles. The van der Waals surface area contributed by atoms with Crippen LogP contribution in [0.15, 0.2) is 30.3 Å². The Morgan fingerprint density at radius 1 is 1.14 bits per heavy atom. The number of anilines is 1. The van der Waals surface area contributed by atoms with Crippen LogP contribution in [0.2, 0.25) is 0 Å². The Balaban J connectivity index is 2.09. The third-order valence-electron chi connectivity index (χ3n) is 4.91. The monoisotopic (exact) mass is 283 g/mol. The molecule has 2 N–H and O–H groups in total. The number of aromatic nitrogens is 2. The number of nitrogen functional groups attached to an aromatic ring is 1. The summed E-state index contributed by atoms with van der Waals surface area (Å²) >= 11 is 0. The highest BCUT2D eigenvalue weighted by Gasteiger charge is 2.34. The third-order valence-corrected chi connectivity index (χ3v) is 4.91. The van der Waals surface area contributed by atoms with Crippen molar-refractivity contribution in [3.63, 3.8) is 0 Å². The van der Waals surface area contributed by atoms with Gasteiger partial charge < -0.3 is 5.73 Å². The molecule has 2 aromatic rings. The molecule has 0 aliphatic heterocycles. The smallest absolute Gasteiger partial charge is 0.130 e. The van der Waals surface area contributed by atoms with Crippen LogP contribution in [-0.4, -0.2) is 9.78 Å². The normalized spacial score (nSPS) is 17.8. The molecular weight excluding hydrogens is 258 g/mol. The molecule has 1 aliphatic rings. The Morgan fingerprint density at radius 2 is 1.81 bits per heavy atom. The average molecular weight is 283 g/mol. The van der Waals surface area contributed by atoms with E-state index in [-0.39, 0.29) is 5.41 Å². The van der Waals surface area contributed by atoms with Gasteiger partial charge in [-0.25, -0.2) is 4.68 Å². The Bertz CT molecular complexity index is 607. The van der Waals surface area contributed by atoms with Crippen LogP contribution in [0.3, 0.4) is 0 Å². The minimum absolute atomic E-state index is 0.192. The van der Waals surface area contributed by atoms with Gasteiger partial charge in [-0.2, -0.15) is 5.10 Å². The lowest BCUT2D eigenvalue weighted by Crippen LogP contribution is -2.27. The minimum Gasteiger partial charge on any atom is -0.383 e. The van der Waals surface area contributed by atoms with Crippen LogP contribution in [0.5, 0.6) is 0 Å². The van der Waals surface area contributed by atoms with Gasteiger partial charge in [0.2, 0.25) is 0 Å². The Morgan fingerprint density at radius 3 is 2.43 bits per heavy atom. The first-order valence-corrected chi connectivity index (χ1v) is 8.09. The van der Waals surface area contributed by atoms with Crippen LogP contribution in [0.1, 0.15) is 57.2 Å². The number of hydrogen-bond acceptors (Lipinski definition) is 2. The lowest BCUT2D eigenvalue weighted by atomic mass is 9.72. The van der Waals surface area contributed by atoms with Crippen molar-refractivity contribution in [2.24, 2.45) is 0 Å². The van der Waals surface area contributed by atoms with Crippen molar-refractivity contribution in [1.82, 2.24) is 9.78 Å². The second-order valence-electron chi connectivity index (χ2n) is 6.43.